The number of rotatable bonds is 3. The number of nitro groups is 1. The van der Waals surface area contributed by atoms with Crippen LogP contribution >= 0.6 is 0 Å². The van der Waals surface area contributed by atoms with Crippen LogP contribution in [-0.2, 0) is 0 Å². The zero-order valence-electron chi connectivity index (χ0n) is 11.4. The van der Waals surface area contributed by atoms with Gasteiger partial charge in [-0.1, -0.05) is 6.07 Å². The summed E-state index contributed by atoms with van der Waals surface area (Å²) in [5.41, 5.74) is 1.08. The Hall–Kier alpha value is -2.94. The minimum absolute atomic E-state index is 0.153. The smallest absolute Gasteiger partial charge is 0.275 e. The third-order valence-corrected chi connectivity index (χ3v) is 2.92. The molecule has 2 aromatic rings. The number of nitrogens with zero attached hydrogens (tertiary/aromatic N) is 2. The Bertz CT molecular complexity index is 766. The molecule has 0 amide bonds. The van der Waals surface area contributed by atoms with Gasteiger partial charge in [0.1, 0.15) is 11.8 Å². The first-order valence-corrected chi connectivity index (χ1v) is 6.05. The van der Waals surface area contributed by atoms with Gasteiger partial charge in [-0.2, -0.15) is 5.26 Å². The van der Waals surface area contributed by atoms with Gasteiger partial charge in [-0.25, -0.2) is 4.39 Å². The van der Waals surface area contributed by atoms with Gasteiger partial charge in [-0.15, -0.1) is 0 Å². The van der Waals surface area contributed by atoms with E-state index >= 15 is 0 Å². The molecular weight excluding hydrogens is 275 g/mol. The predicted octanol–water partition coefficient (Wildman–Crippen LogP) is 4.01. The molecule has 0 N–H and O–H groups in total. The SMILES string of the molecule is Cc1ccc(C#N)c(Oc2cc(C)c([N+](=O)[O-])cc2F)c1. The molecule has 0 aliphatic carbocycles. The average Bonchev–Trinajstić information content (AvgIpc) is 2.42. The van der Waals surface area contributed by atoms with Crippen LogP contribution in [0.5, 0.6) is 11.5 Å². The molecular formula is C15H11FN2O3. The first-order chi connectivity index (χ1) is 9.92. The van der Waals surface area contributed by atoms with Crippen molar-refractivity contribution in [3.05, 3.63) is 63.0 Å². The van der Waals surface area contributed by atoms with Crippen LogP contribution in [0.4, 0.5) is 10.1 Å². The quantitative estimate of drug-likeness (QED) is 0.630. The molecule has 2 rings (SSSR count). The van der Waals surface area contributed by atoms with Crippen molar-refractivity contribution >= 4 is 5.69 Å². The lowest BCUT2D eigenvalue weighted by molar-refractivity contribution is -0.385. The maximum Gasteiger partial charge on any atom is 0.275 e. The molecule has 0 heterocycles. The molecule has 2 aromatic carbocycles. The van der Waals surface area contributed by atoms with Crippen molar-refractivity contribution in [2.24, 2.45) is 0 Å². The van der Waals surface area contributed by atoms with E-state index in [0.717, 1.165) is 11.6 Å². The maximum atomic E-state index is 13.9. The van der Waals surface area contributed by atoms with E-state index in [9.17, 15) is 14.5 Å². The summed E-state index contributed by atoms with van der Waals surface area (Å²) in [5.74, 6) is -0.789. The second kappa shape index (κ2) is 5.59. The summed E-state index contributed by atoms with van der Waals surface area (Å²) in [6.07, 6.45) is 0. The first-order valence-electron chi connectivity index (χ1n) is 6.05. The molecule has 106 valence electrons. The van der Waals surface area contributed by atoms with E-state index in [2.05, 4.69) is 0 Å². The summed E-state index contributed by atoms with van der Waals surface area (Å²) >= 11 is 0. The van der Waals surface area contributed by atoms with Gasteiger partial charge in [0.15, 0.2) is 11.6 Å². The van der Waals surface area contributed by atoms with E-state index in [4.69, 9.17) is 10.00 Å². The normalized spacial score (nSPS) is 10.0. The summed E-state index contributed by atoms with van der Waals surface area (Å²) in [5, 5.41) is 19.8. The standard InChI is InChI=1S/C15H11FN2O3/c1-9-3-4-11(8-17)14(5-9)21-15-6-10(2)13(18(19)20)7-12(15)16/h3-7H,1-2H3. The van der Waals surface area contributed by atoms with Crippen molar-refractivity contribution in [1.82, 2.24) is 0 Å². The molecule has 0 saturated carbocycles. The molecule has 0 fully saturated rings. The van der Waals surface area contributed by atoms with Crippen molar-refractivity contribution < 1.29 is 14.1 Å². The molecule has 0 bridgehead atoms. The number of nitro benzene ring substituents is 1. The fraction of sp³-hybridized carbons (Fsp3) is 0.133. The van der Waals surface area contributed by atoms with Crippen LogP contribution in [0.3, 0.4) is 0 Å². The minimum atomic E-state index is -0.849. The average molecular weight is 286 g/mol. The highest BCUT2D eigenvalue weighted by molar-refractivity contribution is 5.50. The minimum Gasteiger partial charge on any atom is -0.453 e. The Labute approximate surface area is 120 Å². The lowest BCUT2D eigenvalue weighted by Gasteiger charge is -2.10. The second-order valence-electron chi connectivity index (χ2n) is 4.54. The molecule has 0 aliphatic rings. The Morgan fingerprint density at radius 1 is 1.24 bits per heavy atom. The summed E-state index contributed by atoms with van der Waals surface area (Å²) < 4.78 is 19.3. The highest BCUT2D eigenvalue weighted by Crippen LogP contribution is 2.32. The monoisotopic (exact) mass is 286 g/mol. The van der Waals surface area contributed by atoms with Crippen molar-refractivity contribution in [3.8, 4) is 17.6 Å². The van der Waals surface area contributed by atoms with Crippen LogP contribution in [0.2, 0.25) is 0 Å². The second-order valence-corrected chi connectivity index (χ2v) is 4.54. The molecule has 0 atom stereocenters. The van der Waals surface area contributed by atoms with E-state index < -0.39 is 10.7 Å². The highest BCUT2D eigenvalue weighted by atomic mass is 19.1. The van der Waals surface area contributed by atoms with E-state index in [0.29, 0.717) is 0 Å². The summed E-state index contributed by atoms with van der Waals surface area (Å²) in [7, 11) is 0. The van der Waals surface area contributed by atoms with Gasteiger partial charge in [0.25, 0.3) is 5.69 Å². The van der Waals surface area contributed by atoms with E-state index in [1.165, 1.54) is 13.0 Å². The van der Waals surface area contributed by atoms with Gasteiger partial charge in [0.2, 0.25) is 0 Å². The lowest BCUT2D eigenvalue weighted by Crippen LogP contribution is -1.97. The Morgan fingerprint density at radius 3 is 2.57 bits per heavy atom. The van der Waals surface area contributed by atoms with Gasteiger partial charge in [0.05, 0.1) is 16.6 Å². The molecule has 0 aromatic heterocycles. The molecule has 0 saturated heterocycles. The van der Waals surface area contributed by atoms with Crippen molar-refractivity contribution in [2.45, 2.75) is 13.8 Å². The van der Waals surface area contributed by atoms with Gasteiger partial charge >= 0.3 is 0 Å². The molecule has 21 heavy (non-hydrogen) atoms. The molecule has 0 spiro atoms. The van der Waals surface area contributed by atoms with Crippen LogP contribution < -0.4 is 4.74 Å². The van der Waals surface area contributed by atoms with Crippen LogP contribution in [0.1, 0.15) is 16.7 Å². The molecule has 6 heteroatoms. The Balaban J connectivity index is 2.46. The van der Waals surface area contributed by atoms with Crippen molar-refractivity contribution in [2.75, 3.05) is 0 Å². The van der Waals surface area contributed by atoms with E-state index in [1.54, 1.807) is 18.2 Å². The maximum absolute atomic E-state index is 13.9. The van der Waals surface area contributed by atoms with Gasteiger partial charge in [0, 0.05) is 5.56 Å². The van der Waals surface area contributed by atoms with Gasteiger partial charge < -0.3 is 4.74 Å². The van der Waals surface area contributed by atoms with Crippen LogP contribution in [-0.4, -0.2) is 4.92 Å². The summed E-state index contributed by atoms with van der Waals surface area (Å²) in [4.78, 5) is 10.1. The number of benzene rings is 2. The molecule has 0 aliphatic heterocycles. The van der Waals surface area contributed by atoms with Gasteiger partial charge in [-0.3, -0.25) is 10.1 Å². The fourth-order valence-corrected chi connectivity index (χ4v) is 1.84. The Kier molecular flexibility index (Phi) is 3.85. The zero-order chi connectivity index (χ0) is 15.6. The molecule has 5 nitrogen and oxygen atoms in total. The topological polar surface area (TPSA) is 76.2 Å². The van der Waals surface area contributed by atoms with Crippen molar-refractivity contribution in [1.29, 1.82) is 5.26 Å². The predicted molar refractivity (Wildman–Crippen MR) is 73.8 cm³/mol. The fourth-order valence-electron chi connectivity index (χ4n) is 1.84. The number of ether oxygens (including phenoxy) is 1. The van der Waals surface area contributed by atoms with Gasteiger partial charge in [-0.05, 0) is 37.6 Å². The third kappa shape index (κ3) is 2.98. The molecule has 0 radical (unpaired) electrons. The first kappa shape index (κ1) is 14.5. The largest absolute Gasteiger partial charge is 0.453 e. The number of hydrogen-bond acceptors (Lipinski definition) is 4. The highest BCUT2D eigenvalue weighted by Gasteiger charge is 2.17. The number of nitriles is 1. The molecule has 0 unspecified atom stereocenters. The van der Waals surface area contributed by atoms with Crippen LogP contribution in [0.15, 0.2) is 30.3 Å². The zero-order valence-corrected chi connectivity index (χ0v) is 11.4. The van der Waals surface area contributed by atoms with Crippen LogP contribution in [0, 0.1) is 41.1 Å². The van der Waals surface area contributed by atoms with E-state index in [-0.39, 0.29) is 28.3 Å². The number of halogens is 1. The summed E-state index contributed by atoms with van der Waals surface area (Å²) in [6.45, 7) is 3.30. The Morgan fingerprint density at radius 2 is 1.95 bits per heavy atom. The third-order valence-electron chi connectivity index (χ3n) is 2.92. The van der Waals surface area contributed by atoms with E-state index in [1.807, 2.05) is 13.0 Å². The summed E-state index contributed by atoms with van der Waals surface area (Å²) in [6, 6.07) is 8.93. The van der Waals surface area contributed by atoms with Crippen molar-refractivity contribution in [3.63, 3.8) is 0 Å². The number of aryl methyl sites for hydroxylation is 2. The lowest BCUT2D eigenvalue weighted by atomic mass is 10.1. The number of hydrogen-bond donors (Lipinski definition) is 0. The van der Waals surface area contributed by atoms with Crippen LogP contribution in [0.25, 0.3) is 0 Å².